The van der Waals surface area contributed by atoms with Crippen molar-refractivity contribution in [1.29, 1.82) is 0 Å². The number of ether oxygens (including phenoxy) is 2. The van der Waals surface area contributed by atoms with Gasteiger partial charge < -0.3 is 14.8 Å². The number of pyridine rings is 2. The zero-order chi connectivity index (χ0) is 20.9. The minimum Gasteiger partial charge on any atom is -0.468 e. The van der Waals surface area contributed by atoms with Crippen molar-refractivity contribution in [3.8, 4) is 5.88 Å². The largest absolute Gasteiger partial charge is 0.468 e. The van der Waals surface area contributed by atoms with Gasteiger partial charge in [-0.2, -0.15) is 17.5 Å². The van der Waals surface area contributed by atoms with E-state index in [4.69, 9.17) is 4.74 Å². The van der Waals surface area contributed by atoms with Crippen LogP contribution in [0, 0.1) is 0 Å². The number of hydrogen-bond donors (Lipinski definition) is 1. The molecule has 0 amide bonds. The molecule has 0 aliphatic carbocycles. The van der Waals surface area contributed by atoms with Crippen molar-refractivity contribution in [2.45, 2.75) is 17.6 Å². The van der Waals surface area contributed by atoms with E-state index >= 15 is 0 Å². The van der Waals surface area contributed by atoms with Crippen LogP contribution in [0.15, 0.2) is 41.6 Å². The summed E-state index contributed by atoms with van der Waals surface area (Å²) in [7, 11) is -3.62. The van der Waals surface area contributed by atoms with Crippen molar-refractivity contribution in [2.24, 2.45) is 0 Å². The molecule has 29 heavy (non-hydrogen) atoms. The normalized spacial score (nSPS) is 15.8. The maximum atomic E-state index is 12.6. The number of anilines is 1. The Morgan fingerprint density at radius 3 is 2.59 bits per heavy atom. The molecule has 158 valence electrons. The van der Waals surface area contributed by atoms with Crippen LogP contribution in [0.4, 0.5) is 19.0 Å². The summed E-state index contributed by atoms with van der Waals surface area (Å²) in [6.45, 7) is 0.122. The maximum Gasteiger partial charge on any atom is 0.422 e. The molecule has 0 unspecified atom stereocenters. The van der Waals surface area contributed by atoms with E-state index in [0.29, 0.717) is 37.7 Å². The molecule has 8 nitrogen and oxygen atoms in total. The Hall–Kier alpha value is -2.44. The fraction of sp³-hybridized carbons (Fsp3) is 0.412. The highest BCUT2D eigenvalue weighted by atomic mass is 32.2. The topological polar surface area (TPSA) is 93.7 Å². The van der Waals surface area contributed by atoms with Gasteiger partial charge in [-0.3, -0.25) is 0 Å². The molecule has 12 heteroatoms. The molecule has 0 spiro atoms. The number of aromatic nitrogens is 2. The van der Waals surface area contributed by atoms with Gasteiger partial charge >= 0.3 is 6.18 Å². The lowest BCUT2D eigenvalue weighted by Crippen LogP contribution is -2.40. The molecule has 2 aromatic rings. The Bertz CT molecular complexity index is 917. The summed E-state index contributed by atoms with van der Waals surface area (Å²) in [5.41, 5.74) is 0.629. The van der Waals surface area contributed by atoms with Gasteiger partial charge in [0.1, 0.15) is 10.7 Å². The fourth-order valence-corrected chi connectivity index (χ4v) is 3.92. The highest BCUT2D eigenvalue weighted by Gasteiger charge is 2.29. The van der Waals surface area contributed by atoms with Crippen molar-refractivity contribution in [3.63, 3.8) is 0 Å². The van der Waals surface area contributed by atoms with Crippen LogP contribution < -0.4 is 10.1 Å². The first kappa shape index (κ1) is 21.3. The average Bonchev–Trinajstić information content (AvgIpc) is 2.71. The van der Waals surface area contributed by atoms with Gasteiger partial charge in [-0.25, -0.2) is 18.4 Å². The second-order valence-corrected chi connectivity index (χ2v) is 8.09. The molecule has 1 fully saturated rings. The summed E-state index contributed by atoms with van der Waals surface area (Å²) in [6, 6.07) is 5.97. The maximum absolute atomic E-state index is 12.6. The Labute approximate surface area is 165 Å². The molecule has 0 atom stereocenters. The molecule has 1 N–H and O–H groups in total. The fourth-order valence-electron chi connectivity index (χ4n) is 2.56. The number of morpholine rings is 1. The van der Waals surface area contributed by atoms with Crippen molar-refractivity contribution >= 4 is 15.8 Å². The van der Waals surface area contributed by atoms with E-state index in [-0.39, 0.29) is 17.3 Å². The first-order chi connectivity index (χ1) is 13.7. The Morgan fingerprint density at radius 1 is 1.17 bits per heavy atom. The number of nitrogens with one attached hydrogen (secondary N) is 1. The van der Waals surface area contributed by atoms with Crippen LogP contribution in [0.2, 0.25) is 0 Å². The van der Waals surface area contributed by atoms with E-state index in [1.165, 1.54) is 34.9 Å². The predicted octanol–water partition coefficient (Wildman–Crippen LogP) is 2.05. The highest BCUT2D eigenvalue weighted by molar-refractivity contribution is 7.89. The number of nitrogens with zero attached hydrogens (tertiary/aromatic N) is 3. The van der Waals surface area contributed by atoms with E-state index < -0.39 is 22.8 Å². The number of rotatable bonds is 7. The van der Waals surface area contributed by atoms with Crippen molar-refractivity contribution < 1.29 is 31.1 Å². The zero-order valence-electron chi connectivity index (χ0n) is 15.2. The van der Waals surface area contributed by atoms with Gasteiger partial charge in [0.15, 0.2) is 6.61 Å². The summed E-state index contributed by atoms with van der Waals surface area (Å²) in [4.78, 5) is 7.92. The molecule has 3 heterocycles. The molecule has 1 aliphatic heterocycles. The Morgan fingerprint density at radius 2 is 1.93 bits per heavy atom. The van der Waals surface area contributed by atoms with Crippen LogP contribution >= 0.6 is 0 Å². The number of alkyl halides is 3. The van der Waals surface area contributed by atoms with Crippen LogP contribution in [0.3, 0.4) is 0 Å². The third kappa shape index (κ3) is 6.02. The molecular formula is C17H19F3N4O4S. The third-order valence-electron chi connectivity index (χ3n) is 4.00. The van der Waals surface area contributed by atoms with Gasteiger partial charge in [0, 0.05) is 38.1 Å². The van der Waals surface area contributed by atoms with Gasteiger partial charge in [-0.1, -0.05) is 0 Å². The molecule has 3 rings (SSSR count). The van der Waals surface area contributed by atoms with Crippen LogP contribution in [0.5, 0.6) is 5.88 Å². The summed E-state index contributed by atoms with van der Waals surface area (Å²) in [5.74, 6) is 0.280. The van der Waals surface area contributed by atoms with Crippen LogP contribution in [-0.4, -0.2) is 61.8 Å². The molecule has 0 radical (unpaired) electrons. The van der Waals surface area contributed by atoms with E-state index in [2.05, 4.69) is 20.0 Å². The number of halogens is 3. The Balaban J connectivity index is 1.59. The van der Waals surface area contributed by atoms with Gasteiger partial charge in [-0.05, 0) is 23.8 Å². The molecule has 0 aromatic carbocycles. The molecule has 1 saturated heterocycles. The third-order valence-corrected chi connectivity index (χ3v) is 5.88. The van der Waals surface area contributed by atoms with E-state index in [1.54, 1.807) is 6.07 Å². The second-order valence-electron chi connectivity index (χ2n) is 6.16. The summed E-state index contributed by atoms with van der Waals surface area (Å²) < 4.78 is 72.9. The van der Waals surface area contributed by atoms with Crippen LogP contribution in [-0.2, 0) is 21.3 Å². The van der Waals surface area contributed by atoms with E-state index in [1.807, 2.05) is 0 Å². The molecule has 0 saturated carbocycles. The SMILES string of the molecule is O=S(=O)(c1ccc(NCc2ccnc(OCC(F)(F)F)c2)nc1)N1CCOCC1. The quantitative estimate of drug-likeness (QED) is 0.716. The predicted molar refractivity (Wildman–Crippen MR) is 96.9 cm³/mol. The average molecular weight is 432 g/mol. The van der Waals surface area contributed by atoms with Crippen molar-refractivity contribution in [1.82, 2.24) is 14.3 Å². The highest BCUT2D eigenvalue weighted by Crippen LogP contribution is 2.19. The molecular weight excluding hydrogens is 413 g/mol. The molecule has 1 aliphatic rings. The molecule has 2 aromatic heterocycles. The van der Waals surface area contributed by atoms with Gasteiger partial charge in [0.25, 0.3) is 0 Å². The number of sulfonamides is 1. The number of hydrogen-bond acceptors (Lipinski definition) is 7. The van der Waals surface area contributed by atoms with Crippen LogP contribution in [0.1, 0.15) is 5.56 Å². The lowest BCUT2D eigenvalue weighted by atomic mass is 10.2. The zero-order valence-corrected chi connectivity index (χ0v) is 16.0. The van der Waals surface area contributed by atoms with Gasteiger partial charge in [-0.15, -0.1) is 0 Å². The summed E-state index contributed by atoms with van der Waals surface area (Å²) >= 11 is 0. The monoisotopic (exact) mass is 432 g/mol. The van der Waals surface area contributed by atoms with Crippen molar-refractivity contribution in [2.75, 3.05) is 38.2 Å². The lowest BCUT2D eigenvalue weighted by Gasteiger charge is -2.25. The molecule has 0 bridgehead atoms. The standard InChI is InChI=1S/C17H19F3N4O4S/c18-17(19,20)12-28-16-9-13(3-4-21-16)10-22-15-2-1-14(11-23-15)29(25,26)24-5-7-27-8-6-24/h1-4,9,11H,5-8,10,12H2,(H,22,23). The smallest absolute Gasteiger partial charge is 0.422 e. The minimum absolute atomic E-state index is 0.0803. The van der Waals surface area contributed by atoms with E-state index in [0.717, 1.165) is 0 Å². The first-order valence-corrected chi connectivity index (χ1v) is 10.1. The lowest BCUT2D eigenvalue weighted by molar-refractivity contribution is -0.154. The summed E-state index contributed by atoms with van der Waals surface area (Å²) in [5, 5.41) is 2.97. The van der Waals surface area contributed by atoms with E-state index in [9.17, 15) is 21.6 Å². The van der Waals surface area contributed by atoms with Crippen LogP contribution in [0.25, 0.3) is 0 Å². The Kier molecular flexibility index (Phi) is 6.55. The van der Waals surface area contributed by atoms with Gasteiger partial charge in [0.05, 0.1) is 13.2 Å². The van der Waals surface area contributed by atoms with Crippen molar-refractivity contribution in [3.05, 3.63) is 42.2 Å². The minimum atomic E-state index is -4.44. The second kappa shape index (κ2) is 8.93. The van der Waals surface area contributed by atoms with Gasteiger partial charge in [0.2, 0.25) is 15.9 Å². The summed E-state index contributed by atoms with van der Waals surface area (Å²) in [6.07, 6.45) is -1.84. The first-order valence-electron chi connectivity index (χ1n) is 8.66.